The average molecular weight is 396 g/mol. The van der Waals surface area contributed by atoms with Crippen molar-refractivity contribution in [2.45, 2.75) is 6.54 Å². The van der Waals surface area contributed by atoms with Gasteiger partial charge in [-0.3, -0.25) is 0 Å². The zero-order valence-corrected chi connectivity index (χ0v) is 14.7. The highest BCUT2D eigenvalue weighted by Crippen LogP contribution is 2.26. The number of anilines is 1. The molecule has 0 saturated heterocycles. The van der Waals surface area contributed by atoms with Crippen LogP contribution in [0.15, 0.2) is 76.3 Å². The van der Waals surface area contributed by atoms with Gasteiger partial charge in [-0.15, -0.1) is 5.10 Å². The summed E-state index contributed by atoms with van der Waals surface area (Å²) in [6, 6.07) is 15.9. The molecule has 25 heavy (non-hydrogen) atoms. The number of nitrogens with zero attached hydrogens (tertiary/aromatic N) is 4. The molecular formula is C18H14BrN5O. The molecule has 2 heterocycles. The van der Waals surface area contributed by atoms with E-state index < -0.39 is 0 Å². The average Bonchev–Trinajstić information content (AvgIpc) is 3.32. The molecule has 2 aromatic heterocycles. The molecule has 0 atom stereocenters. The monoisotopic (exact) mass is 395 g/mol. The number of halogens is 1. The lowest BCUT2D eigenvalue weighted by atomic mass is 10.1. The maximum Gasteiger partial charge on any atom is 0.183 e. The first kappa shape index (κ1) is 15.6. The predicted octanol–water partition coefficient (Wildman–Crippen LogP) is 4.30. The number of aromatic nitrogens is 4. The van der Waals surface area contributed by atoms with Gasteiger partial charge < -0.3 is 9.84 Å². The second-order valence-electron chi connectivity index (χ2n) is 5.42. The first-order valence-corrected chi connectivity index (χ1v) is 8.48. The van der Waals surface area contributed by atoms with Gasteiger partial charge in [0.25, 0.3) is 0 Å². The normalized spacial score (nSPS) is 10.8. The minimum atomic E-state index is 0.618. The maximum absolute atomic E-state index is 4.86. The molecule has 2 aromatic carbocycles. The van der Waals surface area contributed by atoms with Crippen molar-refractivity contribution in [2.24, 2.45) is 0 Å². The van der Waals surface area contributed by atoms with E-state index in [0.29, 0.717) is 12.4 Å². The van der Waals surface area contributed by atoms with Gasteiger partial charge in [-0.2, -0.15) is 0 Å². The van der Waals surface area contributed by atoms with Crippen LogP contribution in [-0.4, -0.2) is 19.9 Å². The minimum Gasteiger partial charge on any atom is -0.380 e. The summed E-state index contributed by atoms with van der Waals surface area (Å²) >= 11 is 3.48. The molecule has 0 spiro atoms. The first-order valence-electron chi connectivity index (χ1n) is 7.69. The molecule has 4 aromatic rings. The van der Waals surface area contributed by atoms with Crippen LogP contribution >= 0.6 is 15.9 Å². The molecule has 0 amide bonds. The van der Waals surface area contributed by atoms with Gasteiger partial charge in [0.2, 0.25) is 0 Å². The number of para-hydroxylation sites is 1. The molecule has 6 nitrogen and oxygen atoms in total. The summed E-state index contributed by atoms with van der Waals surface area (Å²) in [5.41, 5.74) is 3.81. The Bertz CT molecular complexity index is 981. The summed E-state index contributed by atoms with van der Waals surface area (Å²) < 4.78 is 7.62. The van der Waals surface area contributed by atoms with Crippen molar-refractivity contribution in [3.63, 3.8) is 0 Å². The van der Waals surface area contributed by atoms with Crippen LogP contribution in [0.1, 0.15) is 5.56 Å². The molecule has 0 unspecified atom stereocenters. The molecule has 4 rings (SSSR count). The zero-order chi connectivity index (χ0) is 17.1. The van der Waals surface area contributed by atoms with Gasteiger partial charge >= 0.3 is 0 Å². The molecule has 0 saturated carbocycles. The second kappa shape index (κ2) is 6.90. The molecule has 124 valence electrons. The summed E-state index contributed by atoms with van der Waals surface area (Å²) in [5.74, 6) is 0.661. The Morgan fingerprint density at radius 3 is 2.88 bits per heavy atom. The second-order valence-corrected chi connectivity index (χ2v) is 6.34. The summed E-state index contributed by atoms with van der Waals surface area (Å²) in [5, 5.41) is 11.7. The smallest absolute Gasteiger partial charge is 0.183 e. The fourth-order valence-corrected chi connectivity index (χ4v) is 2.86. The molecule has 0 fully saturated rings. The van der Waals surface area contributed by atoms with Crippen LogP contribution in [0.25, 0.3) is 17.1 Å². The van der Waals surface area contributed by atoms with Crippen molar-refractivity contribution >= 4 is 21.6 Å². The van der Waals surface area contributed by atoms with Crippen molar-refractivity contribution < 1.29 is 4.52 Å². The van der Waals surface area contributed by atoms with Crippen LogP contribution < -0.4 is 5.32 Å². The minimum absolute atomic E-state index is 0.618. The third-order valence-electron chi connectivity index (χ3n) is 3.70. The molecule has 0 aliphatic rings. The lowest BCUT2D eigenvalue weighted by molar-refractivity contribution is 0.419. The Hall–Kier alpha value is -2.93. The zero-order valence-electron chi connectivity index (χ0n) is 13.1. The van der Waals surface area contributed by atoms with Gasteiger partial charge in [0.05, 0.1) is 11.9 Å². The first-order chi connectivity index (χ1) is 12.3. The quantitative estimate of drug-likeness (QED) is 0.545. The molecule has 0 bridgehead atoms. The van der Waals surface area contributed by atoms with Gasteiger partial charge in [-0.05, 0) is 30.3 Å². The number of hydrogen-bond acceptors (Lipinski definition) is 5. The molecule has 0 aliphatic carbocycles. The van der Waals surface area contributed by atoms with Gasteiger partial charge in [-0.1, -0.05) is 39.3 Å². The molecular weight excluding hydrogens is 382 g/mol. The summed E-state index contributed by atoms with van der Waals surface area (Å²) in [4.78, 5) is 4.46. The Balaban J connectivity index is 1.62. The SMILES string of the molecule is Brc1cccc(-n2cnc(-c3ccccc3NCc3cnoc3)n2)c1. The lowest BCUT2D eigenvalue weighted by Crippen LogP contribution is -2.01. The Morgan fingerprint density at radius 1 is 1.12 bits per heavy atom. The Kier molecular flexibility index (Phi) is 4.30. The molecule has 0 radical (unpaired) electrons. The van der Waals surface area contributed by atoms with Gasteiger partial charge in [0.15, 0.2) is 5.82 Å². The predicted molar refractivity (Wildman–Crippen MR) is 98.3 cm³/mol. The third kappa shape index (κ3) is 3.46. The van der Waals surface area contributed by atoms with Crippen LogP contribution in [-0.2, 0) is 6.54 Å². The van der Waals surface area contributed by atoms with Crippen molar-refractivity contribution in [2.75, 3.05) is 5.32 Å². The lowest BCUT2D eigenvalue weighted by Gasteiger charge is -2.08. The molecule has 1 N–H and O–H groups in total. The number of rotatable bonds is 5. The number of nitrogens with one attached hydrogen (secondary N) is 1. The van der Waals surface area contributed by atoms with E-state index in [0.717, 1.165) is 27.0 Å². The van der Waals surface area contributed by atoms with E-state index >= 15 is 0 Å². The topological polar surface area (TPSA) is 68.8 Å². The van der Waals surface area contributed by atoms with Crippen LogP contribution in [0, 0.1) is 0 Å². The molecule has 7 heteroatoms. The van der Waals surface area contributed by atoms with Crippen LogP contribution in [0.2, 0.25) is 0 Å². The van der Waals surface area contributed by atoms with E-state index in [1.165, 1.54) is 0 Å². The van der Waals surface area contributed by atoms with E-state index in [2.05, 4.69) is 36.5 Å². The van der Waals surface area contributed by atoms with Crippen molar-refractivity contribution in [3.8, 4) is 17.1 Å². The van der Waals surface area contributed by atoms with Gasteiger partial charge in [-0.25, -0.2) is 9.67 Å². The van der Waals surface area contributed by atoms with Crippen LogP contribution in [0.4, 0.5) is 5.69 Å². The van der Waals surface area contributed by atoms with Crippen molar-refractivity contribution in [1.82, 2.24) is 19.9 Å². The van der Waals surface area contributed by atoms with Gasteiger partial charge in [0.1, 0.15) is 12.6 Å². The largest absolute Gasteiger partial charge is 0.380 e. The van der Waals surface area contributed by atoms with E-state index in [-0.39, 0.29) is 0 Å². The van der Waals surface area contributed by atoms with Crippen molar-refractivity contribution in [3.05, 3.63) is 77.4 Å². The van der Waals surface area contributed by atoms with Crippen LogP contribution in [0.5, 0.6) is 0 Å². The Morgan fingerprint density at radius 2 is 2.04 bits per heavy atom. The maximum atomic E-state index is 4.86. The Labute approximate surface area is 152 Å². The summed E-state index contributed by atoms with van der Waals surface area (Å²) in [6.45, 7) is 0.618. The highest BCUT2D eigenvalue weighted by molar-refractivity contribution is 9.10. The summed E-state index contributed by atoms with van der Waals surface area (Å²) in [7, 11) is 0. The standard InChI is InChI=1S/C18H14BrN5O/c19-14-4-3-5-15(8-14)24-12-21-18(23-24)16-6-1-2-7-17(16)20-9-13-10-22-25-11-13/h1-8,10-12,20H,9H2. The fourth-order valence-electron chi connectivity index (χ4n) is 2.47. The summed E-state index contributed by atoms with van der Waals surface area (Å²) in [6.07, 6.45) is 5.03. The van der Waals surface area contributed by atoms with E-state index in [4.69, 9.17) is 4.52 Å². The van der Waals surface area contributed by atoms with E-state index in [1.807, 2.05) is 48.5 Å². The fraction of sp³-hybridized carbons (Fsp3) is 0.0556. The van der Waals surface area contributed by atoms with E-state index in [9.17, 15) is 0 Å². The third-order valence-corrected chi connectivity index (χ3v) is 4.19. The number of benzene rings is 2. The van der Waals surface area contributed by atoms with E-state index in [1.54, 1.807) is 23.5 Å². The highest BCUT2D eigenvalue weighted by atomic mass is 79.9. The highest BCUT2D eigenvalue weighted by Gasteiger charge is 2.10. The molecule has 0 aliphatic heterocycles. The van der Waals surface area contributed by atoms with Crippen molar-refractivity contribution in [1.29, 1.82) is 0 Å². The van der Waals surface area contributed by atoms with Gasteiger partial charge in [0, 0.05) is 27.8 Å². The van der Waals surface area contributed by atoms with Crippen LogP contribution in [0.3, 0.4) is 0 Å². The number of hydrogen-bond donors (Lipinski definition) is 1.